The number of hydrogen-bond donors (Lipinski definition) is 0. The summed E-state index contributed by atoms with van der Waals surface area (Å²) in [7, 11) is 3.48. The zero-order valence-corrected chi connectivity index (χ0v) is 17.6. The first-order valence-electron chi connectivity index (χ1n) is 10.2. The van der Waals surface area contributed by atoms with Crippen LogP contribution in [0.4, 0.5) is 0 Å². The fourth-order valence-electron chi connectivity index (χ4n) is 5.94. The molecule has 4 nitrogen and oxygen atoms in total. The van der Waals surface area contributed by atoms with Gasteiger partial charge in [-0.1, -0.05) is 50.2 Å². The van der Waals surface area contributed by atoms with Crippen LogP contribution in [0.15, 0.2) is 54.7 Å². The van der Waals surface area contributed by atoms with E-state index in [4.69, 9.17) is 9.68 Å². The average Bonchev–Trinajstić information content (AvgIpc) is 3.35. The lowest BCUT2D eigenvalue weighted by Gasteiger charge is -2.25. The number of aryl methyl sites for hydroxylation is 1. The Bertz CT molecular complexity index is 1190. The van der Waals surface area contributed by atoms with Crippen LogP contribution in [0, 0.1) is 6.92 Å². The van der Waals surface area contributed by atoms with Gasteiger partial charge in [0.15, 0.2) is 6.20 Å². The minimum absolute atomic E-state index is 0.0592. The van der Waals surface area contributed by atoms with E-state index in [2.05, 4.69) is 80.1 Å². The molecule has 1 aliphatic carbocycles. The van der Waals surface area contributed by atoms with Gasteiger partial charge in [-0.05, 0) is 34.7 Å². The van der Waals surface area contributed by atoms with E-state index in [0.29, 0.717) is 0 Å². The second kappa shape index (κ2) is 5.33. The third-order valence-electron chi connectivity index (χ3n) is 7.27. The topological polar surface area (TPSA) is 22.3 Å². The van der Waals surface area contributed by atoms with E-state index in [1.54, 1.807) is 14.2 Å². The number of aromatic nitrogens is 1. The first-order valence-corrected chi connectivity index (χ1v) is 10.2. The Morgan fingerprint density at radius 3 is 2.48 bits per heavy atom. The Balaban J connectivity index is 1.72. The summed E-state index contributed by atoms with van der Waals surface area (Å²) in [5.41, 5.74) is 10.7. The molecule has 0 saturated carbocycles. The highest BCUT2D eigenvalue weighted by Crippen LogP contribution is 2.64. The van der Waals surface area contributed by atoms with Gasteiger partial charge in [0, 0.05) is 27.9 Å². The van der Waals surface area contributed by atoms with Crippen molar-refractivity contribution in [2.45, 2.75) is 38.4 Å². The molecule has 3 aliphatic rings. The van der Waals surface area contributed by atoms with Gasteiger partial charge < -0.3 is 0 Å². The molecule has 2 aliphatic heterocycles. The Kier molecular flexibility index (Phi) is 3.19. The van der Waals surface area contributed by atoms with Crippen LogP contribution in [-0.2, 0) is 15.1 Å². The Hall–Kier alpha value is -2.53. The molecule has 0 spiro atoms. The highest BCUT2D eigenvalue weighted by Gasteiger charge is 2.83. The first kappa shape index (κ1) is 17.3. The highest BCUT2D eigenvalue weighted by molar-refractivity contribution is 5.88. The van der Waals surface area contributed by atoms with Crippen molar-refractivity contribution in [1.82, 2.24) is 0 Å². The predicted molar refractivity (Wildman–Crippen MR) is 110 cm³/mol. The smallest absolute Gasteiger partial charge is 0.164 e. The number of pyridine rings is 1. The van der Waals surface area contributed by atoms with E-state index in [0.717, 1.165) is 0 Å². The van der Waals surface area contributed by atoms with E-state index in [9.17, 15) is 0 Å². The van der Waals surface area contributed by atoms with Crippen molar-refractivity contribution in [2.24, 2.45) is 0 Å². The van der Waals surface area contributed by atoms with Crippen molar-refractivity contribution < 1.29 is 19.1 Å². The quantitative estimate of drug-likeness (QED) is 0.360. The van der Waals surface area contributed by atoms with Crippen LogP contribution in [0.1, 0.15) is 48.3 Å². The van der Waals surface area contributed by atoms with Crippen LogP contribution >= 0.6 is 0 Å². The third kappa shape index (κ3) is 1.88. The Labute approximate surface area is 171 Å². The molecule has 29 heavy (non-hydrogen) atoms. The number of hydroxylamine groups is 4. The summed E-state index contributed by atoms with van der Waals surface area (Å²) < 4.78 is 2.35. The van der Waals surface area contributed by atoms with Crippen molar-refractivity contribution in [3.05, 3.63) is 77.0 Å². The first-order chi connectivity index (χ1) is 14.0. The molecule has 2 unspecified atom stereocenters. The van der Waals surface area contributed by atoms with E-state index < -0.39 is 0 Å². The molecule has 6 rings (SSSR count). The Morgan fingerprint density at radius 2 is 1.72 bits per heavy atom. The van der Waals surface area contributed by atoms with Crippen molar-refractivity contribution in [2.75, 3.05) is 14.2 Å². The number of nitrogens with zero attached hydrogens (tertiary/aromatic N) is 2. The van der Waals surface area contributed by atoms with Gasteiger partial charge in [0.2, 0.25) is 5.69 Å². The zero-order valence-electron chi connectivity index (χ0n) is 17.6. The summed E-state index contributed by atoms with van der Waals surface area (Å²) in [6, 6.07) is 18.1. The number of benzene rings is 2. The van der Waals surface area contributed by atoms with E-state index in [1.807, 2.05) is 0 Å². The molecular formula is C25H26N2O2+2. The van der Waals surface area contributed by atoms with E-state index >= 15 is 0 Å². The lowest BCUT2D eigenvalue weighted by molar-refractivity contribution is -1.21. The number of fused-ring (bicyclic) bond motifs is 10. The fraction of sp³-hybridized carbons (Fsp3) is 0.320. The van der Waals surface area contributed by atoms with Crippen LogP contribution < -0.4 is 4.57 Å². The standard InChI is InChI=1S/C25H26N2O2/c1-15-12-13-26-20(14-15)21-18(23-24(26)27(23,28-4)29-5)11-10-17-16-8-6-7-9-19(16)25(2,3)22(17)21/h6-14,23-24H,1-5H3/q+2. The Morgan fingerprint density at radius 1 is 0.966 bits per heavy atom. The molecule has 3 heterocycles. The monoisotopic (exact) mass is 386 g/mol. The van der Waals surface area contributed by atoms with Crippen LogP contribution in [0.3, 0.4) is 0 Å². The van der Waals surface area contributed by atoms with E-state index in [1.165, 1.54) is 44.6 Å². The third-order valence-corrected chi connectivity index (χ3v) is 7.27. The van der Waals surface area contributed by atoms with Gasteiger partial charge >= 0.3 is 12.2 Å². The normalized spacial score (nSPS) is 23.5. The highest BCUT2D eigenvalue weighted by atomic mass is 17.0. The maximum atomic E-state index is 5.92. The second-order valence-electron chi connectivity index (χ2n) is 8.99. The molecule has 1 saturated heterocycles. The summed E-state index contributed by atoms with van der Waals surface area (Å²) in [6.07, 6.45) is 2.30. The number of rotatable bonds is 2. The molecule has 0 N–H and O–H groups in total. The molecule has 4 heteroatoms. The predicted octanol–water partition coefficient (Wildman–Crippen LogP) is 4.76. The molecule has 0 radical (unpaired) electrons. The van der Waals surface area contributed by atoms with Gasteiger partial charge in [0.1, 0.15) is 0 Å². The van der Waals surface area contributed by atoms with Crippen LogP contribution in [0.2, 0.25) is 0 Å². The van der Waals surface area contributed by atoms with Gasteiger partial charge in [0.25, 0.3) is 0 Å². The number of hydrogen-bond acceptors (Lipinski definition) is 2. The van der Waals surface area contributed by atoms with Gasteiger partial charge in [-0.15, -0.1) is 4.57 Å². The van der Waals surface area contributed by atoms with Crippen LogP contribution in [0.5, 0.6) is 0 Å². The van der Waals surface area contributed by atoms with E-state index in [-0.39, 0.29) is 22.4 Å². The van der Waals surface area contributed by atoms with Crippen molar-refractivity contribution >= 4 is 0 Å². The maximum absolute atomic E-state index is 5.92. The summed E-state index contributed by atoms with van der Waals surface area (Å²) in [6.45, 7) is 6.87. The van der Waals surface area contributed by atoms with Crippen molar-refractivity contribution in [1.29, 1.82) is 0 Å². The molecule has 1 fully saturated rings. The van der Waals surface area contributed by atoms with Gasteiger partial charge in [-0.2, -0.15) is 9.68 Å². The van der Waals surface area contributed by atoms with Gasteiger partial charge in [-0.25, -0.2) is 0 Å². The lowest BCUT2D eigenvalue weighted by Crippen LogP contribution is -2.42. The molecule has 146 valence electrons. The summed E-state index contributed by atoms with van der Waals surface area (Å²) in [5, 5.41) is 0. The van der Waals surface area contributed by atoms with Gasteiger partial charge in [0.05, 0.1) is 19.8 Å². The van der Waals surface area contributed by atoms with Crippen molar-refractivity contribution in [3.8, 4) is 22.4 Å². The molecule has 3 aromatic rings. The largest absolute Gasteiger partial charge is 0.409 e. The molecule has 1 aromatic heterocycles. The lowest BCUT2D eigenvalue weighted by atomic mass is 9.77. The summed E-state index contributed by atoms with van der Waals surface area (Å²) in [4.78, 5) is 12.0. The molecule has 0 amide bonds. The van der Waals surface area contributed by atoms with Crippen LogP contribution in [-0.4, -0.2) is 19.0 Å². The minimum atomic E-state index is -0.0592. The molecule has 2 aromatic carbocycles. The number of quaternary nitrogens is 1. The SMILES string of the molecule is CO[N+]1(OC)C2c3ccc4c(c3-c3cc(C)cc[n+]3C21)C(C)(C)c1ccccc1-4. The maximum Gasteiger partial charge on any atom is 0.409 e. The van der Waals surface area contributed by atoms with Gasteiger partial charge in [-0.3, -0.25) is 0 Å². The average molecular weight is 386 g/mol. The van der Waals surface area contributed by atoms with Crippen molar-refractivity contribution in [3.63, 3.8) is 0 Å². The molecule has 2 atom stereocenters. The summed E-state index contributed by atoms with van der Waals surface area (Å²) in [5.74, 6) is 0. The van der Waals surface area contributed by atoms with Crippen LogP contribution in [0.25, 0.3) is 22.4 Å². The minimum Gasteiger partial charge on any atom is -0.164 e. The molecule has 0 bridgehead atoms. The molecular weight excluding hydrogens is 360 g/mol. The fourth-order valence-corrected chi connectivity index (χ4v) is 5.94. The summed E-state index contributed by atoms with van der Waals surface area (Å²) >= 11 is 0. The zero-order chi connectivity index (χ0) is 20.1. The second-order valence-corrected chi connectivity index (χ2v) is 8.99.